The molecule has 108 valence electrons. The average molecular weight is 269 g/mol. The van der Waals surface area contributed by atoms with Crippen LogP contribution in [-0.4, -0.2) is 73.6 Å². The van der Waals surface area contributed by atoms with Gasteiger partial charge in [-0.3, -0.25) is 14.5 Å². The maximum atomic E-state index is 11.8. The lowest BCUT2D eigenvalue weighted by Crippen LogP contribution is -2.73. The highest BCUT2D eigenvalue weighted by molar-refractivity contribution is 5.82. The SMILES string of the molecule is CNC(=O)[C@H]1COC2(CN(C(=O)C(C)C)C2)CN1C. The Morgan fingerprint density at radius 2 is 1.95 bits per heavy atom. The molecule has 2 aliphatic heterocycles. The molecule has 1 N–H and O–H groups in total. The minimum atomic E-state index is -0.274. The molecule has 1 spiro atoms. The van der Waals surface area contributed by atoms with Crippen molar-refractivity contribution in [2.45, 2.75) is 25.5 Å². The van der Waals surface area contributed by atoms with Gasteiger partial charge in [-0.05, 0) is 7.05 Å². The summed E-state index contributed by atoms with van der Waals surface area (Å²) in [4.78, 5) is 27.3. The highest BCUT2D eigenvalue weighted by Crippen LogP contribution is 2.31. The standard InChI is InChI=1S/C13H23N3O3/c1-9(2)12(18)16-7-13(8-16)6-15(4)10(5-19-13)11(17)14-3/h9-10H,5-8H2,1-4H3,(H,14,17)/t10-/m1/s1. The van der Waals surface area contributed by atoms with Gasteiger partial charge in [0.1, 0.15) is 11.6 Å². The zero-order chi connectivity index (χ0) is 14.2. The summed E-state index contributed by atoms with van der Waals surface area (Å²) in [5.74, 6) is 0.175. The summed E-state index contributed by atoms with van der Waals surface area (Å²) in [5.41, 5.74) is -0.274. The first-order valence-electron chi connectivity index (χ1n) is 6.73. The molecule has 2 rings (SSSR count). The van der Waals surface area contributed by atoms with Crippen LogP contribution in [0.15, 0.2) is 0 Å². The number of nitrogens with one attached hydrogen (secondary N) is 1. The molecule has 19 heavy (non-hydrogen) atoms. The van der Waals surface area contributed by atoms with E-state index in [2.05, 4.69) is 5.32 Å². The van der Waals surface area contributed by atoms with Crippen LogP contribution >= 0.6 is 0 Å². The van der Waals surface area contributed by atoms with Gasteiger partial charge in [0.15, 0.2) is 0 Å². The first kappa shape index (κ1) is 14.3. The number of rotatable bonds is 2. The van der Waals surface area contributed by atoms with Crippen molar-refractivity contribution in [2.75, 3.05) is 40.3 Å². The topological polar surface area (TPSA) is 61.9 Å². The van der Waals surface area contributed by atoms with Gasteiger partial charge in [-0.2, -0.15) is 0 Å². The molecule has 0 saturated carbocycles. The largest absolute Gasteiger partial charge is 0.368 e. The van der Waals surface area contributed by atoms with Crippen LogP contribution in [0.5, 0.6) is 0 Å². The molecule has 0 unspecified atom stereocenters. The molecule has 0 aliphatic carbocycles. The van der Waals surface area contributed by atoms with Gasteiger partial charge >= 0.3 is 0 Å². The Hall–Kier alpha value is -1.14. The number of hydrogen-bond acceptors (Lipinski definition) is 4. The lowest BCUT2D eigenvalue weighted by molar-refractivity contribution is -0.202. The molecule has 6 heteroatoms. The maximum Gasteiger partial charge on any atom is 0.239 e. The van der Waals surface area contributed by atoms with Crippen molar-refractivity contribution in [1.82, 2.24) is 15.1 Å². The van der Waals surface area contributed by atoms with Crippen LogP contribution in [-0.2, 0) is 14.3 Å². The second kappa shape index (κ2) is 5.09. The summed E-state index contributed by atoms with van der Waals surface area (Å²) >= 11 is 0. The summed E-state index contributed by atoms with van der Waals surface area (Å²) in [6.07, 6.45) is 0. The average Bonchev–Trinajstić information content (AvgIpc) is 2.33. The van der Waals surface area contributed by atoms with E-state index in [9.17, 15) is 9.59 Å². The minimum absolute atomic E-state index is 0.0215. The maximum absolute atomic E-state index is 11.8. The van der Waals surface area contributed by atoms with Crippen molar-refractivity contribution in [3.63, 3.8) is 0 Å². The fourth-order valence-corrected chi connectivity index (χ4v) is 2.80. The molecule has 0 bridgehead atoms. The van der Waals surface area contributed by atoms with E-state index in [4.69, 9.17) is 4.74 Å². The van der Waals surface area contributed by atoms with Crippen molar-refractivity contribution < 1.29 is 14.3 Å². The van der Waals surface area contributed by atoms with Gasteiger partial charge in [0.25, 0.3) is 0 Å². The Morgan fingerprint density at radius 1 is 1.32 bits per heavy atom. The molecule has 6 nitrogen and oxygen atoms in total. The van der Waals surface area contributed by atoms with E-state index < -0.39 is 0 Å². The number of ether oxygens (including phenoxy) is 1. The van der Waals surface area contributed by atoms with E-state index in [0.717, 1.165) is 0 Å². The summed E-state index contributed by atoms with van der Waals surface area (Å²) in [5, 5.41) is 2.65. The molecule has 2 amide bonds. The Labute approximate surface area is 114 Å². The molecular weight excluding hydrogens is 246 g/mol. The summed E-state index contributed by atoms with van der Waals surface area (Å²) < 4.78 is 5.87. The second-order valence-corrected chi connectivity index (χ2v) is 5.89. The number of likely N-dealkylation sites (N-methyl/N-ethyl adjacent to an activating group) is 2. The van der Waals surface area contributed by atoms with Crippen LogP contribution in [0.3, 0.4) is 0 Å². The Kier molecular flexibility index (Phi) is 3.82. The lowest BCUT2D eigenvalue weighted by atomic mass is 9.89. The van der Waals surface area contributed by atoms with Gasteiger partial charge in [-0.15, -0.1) is 0 Å². The van der Waals surface area contributed by atoms with Crippen molar-refractivity contribution >= 4 is 11.8 Å². The normalized spacial score (nSPS) is 26.4. The zero-order valence-corrected chi connectivity index (χ0v) is 12.1. The van der Waals surface area contributed by atoms with E-state index in [1.165, 1.54) is 0 Å². The Morgan fingerprint density at radius 3 is 2.42 bits per heavy atom. The lowest BCUT2D eigenvalue weighted by Gasteiger charge is -2.55. The fourth-order valence-electron chi connectivity index (χ4n) is 2.80. The minimum Gasteiger partial charge on any atom is -0.368 e. The third-order valence-electron chi connectivity index (χ3n) is 3.93. The third-order valence-corrected chi connectivity index (χ3v) is 3.93. The van der Waals surface area contributed by atoms with Crippen LogP contribution < -0.4 is 5.32 Å². The molecule has 2 saturated heterocycles. The number of likely N-dealkylation sites (tertiary alicyclic amines) is 1. The van der Waals surface area contributed by atoms with Gasteiger partial charge in [0, 0.05) is 19.5 Å². The van der Waals surface area contributed by atoms with Crippen molar-refractivity contribution in [2.24, 2.45) is 5.92 Å². The molecule has 0 radical (unpaired) electrons. The van der Waals surface area contributed by atoms with Gasteiger partial charge in [-0.25, -0.2) is 0 Å². The fraction of sp³-hybridized carbons (Fsp3) is 0.846. The van der Waals surface area contributed by atoms with Crippen molar-refractivity contribution in [3.8, 4) is 0 Å². The van der Waals surface area contributed by atoms with E-state index in [1.807, 2.05) is 30.7 Å². The molecule has 2 fully saturated rings. The molecule has 0 aromatic carbocycles. The smallest absolute Gasteiger partial charge is 0.239 e. The van der Waals surface area contributed by atoms with Crippen LogP contribution in [0.25, 0.3) is 0 Å². The van der Waals surface area contributed by atoms with E-state index in [-0.39, 0.29) is 29.4 Å². The molecule has 0 aromatic heterocycles. The first-order valence-corrected chi connectivity index (χ1v) is 6.73. The summed E-state index contributed by atoms with van der Waals surface area (Å²) in [7, 11) is 3.56. The predicted octanol–water partition coefficient (Wildman–Crippen LogP) is -0.700. The Balaban J connectivity index is 1.90. The molecule has 2 heterocycles. The highest BCUT2D eigenvalue weighted by Gasteiger charge is 2.51. The molecule has 1 atom stereocenters. The summed E-state index contributed by atoms with van der Waals surface area (Å²) in [6, 6.07) is -0.231. The molecule has 0 aromatic rings. The monoisotopic (exact) mass is 269 g/mol. The quantitative estimate of drug-likeness (QED) is 0.720. The van der Waals surface area contributed by atoms with Crippen LogP contribution in [0.4, 0.5) is 0 Å². The Bertz CT molecular complexity index is 377. The number of carbonyl (C=O) groups is 2. The van der Waals surface area contributed by atoms with Gasteiger partial charge in [0.2, 0.25) is 11.8 Å². The molecule has 2 aliphatic rings. The third kappa shape index (κ3) is 2.60. The zero-order valence-electron chi connectivity index (χ0n) is 12.1. The van der Waals surface area contributed by atoms with Gasteiger partial charge in [0.05, 0.1) is 19.7 Å². The van der Waals surface area contributed by atoms with E-state index in [1.54, 1.807) is 7.05 Å². The number of hydrogen-bond donors (Lipinski definition) is 1. The van der Waals surface area contributed by atoms with Gasteiger partial charge in [-0.1, -0.05) is 13.8 Å². The van der Waals surface area contributed by atoms with Crippen molar-refractivity contribution in [1.29, 1.82) is 0 Å². The predicted molar refractivity (Wildman–Crippen MR) is 70.6 cm³/mol. The second-order valence-electron chi connectivity index (χ2n) is 5.89. The van der Waals surface area contributed by atoms with Gasteiger partial charge < -0.3 is 15.0 Å². The highest BCUT2D eigenvalue weighted by atomic mass is 16.5. The number of morpholine rings is 1. The first-order chi connectivity index (χ1) is 8.88. The molecular formula is C13H23N3O3. The van der Waals surface area contributed by atoms with Crippen molar-refractivity contribution in [3.05, 3.63) is 0 Å². The number of amides is 2. The summed E-state index contributed by atoms with van der Waals surface area (Å²) in [6.45, 7) is 6.15. The van der Waals surface area contributed by atoms with E-state index >= 15 is 0 Å². The van der Waals surface area contributed by atoms with E-state index in [0.29, 0.717) is 26.2 Å². The number of nitrogens with zero attached hydrogens (tertiary/aromatic N) is 2. The van der Waals surface area contributed by atoms with Crippen LogP contribution in [0.1, 0.15) is 13.8 Å². The van der Waals surface area contributed by atoms with Crippen LogP contribution in [0, 0.1) is 5.92 Å². The number of carbonyl (C=O) groups excluding carboxylic acids is 2. The van der Waals surface area contributed by atoms with Crippen LogP contribution in [0.2, 0.25) is 0 Å².